The van der Waals surface area contributed by atoms with Gasteiger partial charge >= 0.3 is 0 Å². The van der Waals surface area contributed by atoms with E-state index in [1.807, 2.05) is 11.0 Å². The molecule has 1 amide bonds. The second kappa shape index (κ2) is 7.98. The Morgan fingerprint density at radius 3 is 2.88 bits per heavy atom. The van der Waals surface area contributed by atoms with Gasteiger partial charge in [-0.05, 0) is 18.7 Å². The monoisotopic (exact) mass is 331 g/mol. The molecule has 2 aromatic heterocycles. The summed E-state index contributed by atoms with van der Waals surface area (Å²) < 4.78 is 10.5. The van der Waals surface area contributed by atoms with Crippen LogP contribution in [0.2, 0.25) is 0 Å². The van der Waals surface area contributed by atoms with Gasteiger partial charge in [-0.3, -0.25) is 9.78 Å². The summed E-state index contributed by atoms with van der Waals surface area (Å²) in [5.74, 6) is 0.805. The molecule has 128 valence electrons. The lowest BCUT2D eigenvalue weighted by Crippen LogP contribution is -2.49. The van der Waals surface area contributed by atoms with Crippen molar-refractivity contribution < 1.29 is 14.1 Å². The molecule has 0 aliphatic carbocycles. The average molecular weight is 331 g/mol. The van der Waals surface area contributed by atoms with Crippen LogP contribution < -0.4 is 0 Å². The van der Waals surface area contributed by atoms with Crippen molar-refractivity contribution in [2.75, 3.05) is 39.3 Å². The lowest BCUT2D eigenvalue weighted by molar-refractivity contribution is -0.138. The summed E-state index contributed by atoms with van der Waals surface area (Å²) in [4.78, 5) is 24.5. The van der Waals surface area contributed by atoms with Gasteiger partial charge in [0.05, 0.1) is 0 Å². The van der Waals surface area contributed by atoms with Gasteiger partial charge in [0.2, 0.25) is 11.7 Å². The van der Waals surface area contributed by atoms with Gasteiger partial charge in [0.15, 0.2) is 0 Å². The van der Waals surface area contributed by atoms with Crippen molar-refractivity contribution in [1.82, 2.24) is 24.9 Å². The highest BCUT2D eigenvalue weighted by Gasteiger charge is 2.20. The highest BCUT2D eigenvalue weighted by molar-refractivity contribution is 5.77. The number of carbonyl (C=O) groups is 1. The smallest absolute Gasteiger partial charge is 0.252 e. The first kappa shape index (κ1) is 16.5. The van der Waals surface area contributed by atoms with Gasteiger partial charge in [-0.15, -0.1) is 0 Å². The summed E-state index contributed by atoms with van der Waals surface area (Å²) >= 11 is 0. The van der Waals surface area contributed by atoms with Gasteiger partial charge in [-0.1, -0.05) is 12.1 Å². The molecule has 1 aliphatic heterocycles. The highest BCUT2D eigenvalue weighted by atomic mass is 16.5. The predicted molar refractivity (Wildman–Crippen MR) is 85.9 cm³/mol. The topological polar surface area (TPSA) is 84.6 Å². The zero-order valence-corrected chi connectivity index (χ0v) is 13.7. The van der Waals surface area contributed by atoms with Crippen LogP contribution in [-0.4, -0.2) is 70.2 Å². The van der Waals surface area contributed by atoms with E-state index >= 15 is 0 Å². The van der Waals surface area contributed by atoms with E-state index in [0.29, 0.717) is 11.7 Å². The van der Waals surface area contributed by atoms with Crippen molar-refractivity contribution in [3.63, 3.8) is 0 Å². The number of amides is 1. The fraction of sp³-hybridized carbons (Fsp3) is 0.500. The van der Waals surface area contributed by atoms with Gasteiger partial charge in [0, 0.05) is 44.1 Å². The normalized spacial score (nSPS) is 15.6. The Morgan fingerprint density at radius 2 is 2.17 bits per heavy atom. The first-order chi connectivity index (χ1) is 11.8. The third kappa shape index (κ3) is 4.15. The molecular weight excluding hydrogens is 310 g/mol. The van der Waals surface area contributed by atoms with E-state index in [-0.39, 0.29) is 19.1 Å². The average Bonchev–Trinajstić information content (AvgIpc) is 3.11. The standard InChI is InChI=1S/C16H21N5O3/c1-2-20-6-8-21(9-7-20)15(22)12-23-11-14-18-16(19-24-14)13-4-3-5-17-10-13/h3-5,10H,2,6-9,11-12H2,1H3. The third-order valence-electron chi connectivity index (χ3n) is 4.01. The van der Waals surface area contributed by atoms with Crippen LogP contribution >= 0.6 is 0 Å². The lowest BCUT2D eigenvalue weighted by atomic mass is 10.3. The number of hydrogen-bond acceptors (Lipinski definition) is 7. The first-order valence-electron chi connectivity index (χ1n) is 8.07. The molecule has 1 saturated heterocycles. The van der Waals surface area contributed by atoms with Crippen LogP contribution in [0.5, 0.6) is 0 Å². The molecule has 2 aromatic rings. The molecular formula is C16H21N5O3. The maximum Gasteiger partial charge on any atom is 0.252 e. The van der Waals surface area contributed by atoms with E-state index in [0.717, 1.165) is 38.3 Å². The van der Waals surface area contributed by atoms with Gasteiger partial charge in [-0.2, -0.15) is 4.98 Å². The molecule has 24 heavy (non-hydrogen) atoms. The maximum atomic E-state index is 12.1. The molecule has 3 rings (SSSR count). The second-order valence-corrected chi connectivity index (χ2v) is 5.56. The Hall–Kier alpha value is -2.32. The van der Waals surface area contributed by atoms with E-state index < -0.39 is 0 Å². The second-order valence-electron chi connectivity index (χ2n) is 5.56. The Morgan fingerprint density at radius 1 is 1.33 bits per heavy atom. The van der Waals surface area contributed by atoms with Crippen molar-refractivity contribution in [1.29, 1.82) is 0 Å². The molecule has 0 radical (unpaired) electrons. The summed E-state index contributed by atoms with van der Waals surface area (Å²) in [5, 5.41) is 3.88. The van der Waals surface area contributed by atoms with E-state index in [9.17, 15) is 4.79 Å². The Labute approximate surface area is 140 Å². The van der Waals surface area contributed by atoms with E-state index in [1.54, 1.807) is 18.5 Å². The molecule has 0 aromatic carbocycles. The molecule has 0 N–H and O–H groups in total. The summed E-state index contributed by atoms with van der Waals surface area (Å²) in [6.45, 7) is 6.63. The predicted octanol–water partition coefficient (Wildman–Crippen LogP) is 0.812. The minimum absolute atomic E-state index is 0.00208. The van der Waals surface area contributed by atoms with Crippen LogP contribution in [0.25, 0.3) is 11.4 Å². The van der Waals surface area contributed by atoms with Crippen molar-refractivity contribution in [2.24, 2.45) is 0 Å². The minimum Gasteiger partial charge on any atom is -0.362 e. The molecule has 0 unspecified atom stereocenters. The number of piperazine rings is 1. The lowest BCUT2D eigenvalue weighted by Gasteiger charge is -2.33. The fourth-order valence-electron chi connectivity index (χ4n) is 2.56. The van der Waals surface area contributed by atoms with Crippen LogP contribution in [0, 0.1) is 0 Å². The Balaban J connectivity index is 1.44. The molecule has 0 atom stereocenters. The summed E-state index contributed by atoms with van der Waals surface area (Å²) in [6.07, 6.45) is 3.34. The van der Waals surface area contributed by atoms with Crippen LogP contribution in [-0.2, 0) is 16.1 Å². The molecule has 8 nitrogen and oxygen atoms in total. The minimum atomic E-state index is -0.00208. The van der Waals surface area contributed by atoms with E-state index in [4.69, 9.17) is 9.26 Å². The molecule has 8 heteroatoms. The Bertz CT molecular complexity index is 653. The van der Waals surface area contributed by atoms with Crippen molar-refractivity contribution in [2.45, 2.75) is 13.5 Å². The largest absolute Gasteiger partial charge is 0.362 e. The van der Waals surface area contributed by atoms with Crippen molar-refractivity contribution >= 4 is 5.91 Å². The van der Waals surface area contributed by atoms with Gasteiger partial charge in [-0.25, -0.2) is 0 Å². The number of likely N-dealkylation sites (N-methyl/N-ethyl adjacent to an activating group) is 1. The SMILES string of the molecule is CCN1CCN(C(=O)COCc2nc(-c3cccnc3)no2)CC1. The van der Waals surface area contributed by atoms with Crippen LogP contribution in [0.3, 0.4) is 0 Å². The molecule has 0 spiro atoms. The number of ether oxygens (including phenoxy) is 1. The van der Waals surface area contributed by atoms with Crippen LogP contribution in [0.1, 0.15) is 12.8 Å². The maximum absolute atomic E-state index is 12.1. The molecule has 0 bridgehead atoms. The highest BCUT2D eigenvalue weighted by Crippen LogP contribution is 2.14. The van der Waals surface area contributed by atoms with E-state index in [2.05, 4.69) is 26.9 Å². The summed E-state index contributed by atoms with van der Waals surface area (Å²) in [6, 6.07) is 3.65. The third-order valence-corrected chi connectivity index (χ3v) is 4.01. The molecule has 0 saturated carbocycles. The zero-order chi connectivity index (χ0) is 16.8. The summed E-state index contributed by atoms with van der Waals surface area (Å²) in [5.41, 5.74) is 0.775. The molecule has 1 fully saturated rings. The number of aromatic nitrogens is 3. The number of carbonyl (C=O) groups excluding carboxylic acids is 1. The van der Waals surface area contributed by atoms with Gasteiger partial charge in [0.25, 0.3) is 5.89 Å². The van der Waals surface area contributed by atoms with Crippen LogP contribution in [0.4, 0.5) is 0 Å². The zero-order valence-electron chi connectivity index (χ0n) is 13.7. The molecule has 3 heterocycles. The Kier molecular flexibility index (Phi) is 5.50. The van der Waals surface area contributed by atoms with Gasteiger partial charge in [0.1, 0.15) is 13.2 Å². The molecule has 1 aliphatic rings. The number of rotatable bonds is 6. The van der Waals surface area contributed by atoms with Crippen LogP contribution in [0.15, 0.2) is 29.0 Å². The quantitative estimate of drug-likeness (QED) is 0.774. The van der Waals surface area contributed by atoms with Gasteiger partial charge < -0.3 is 19.1 Å². The van der Waals surface area contributed by atoms with Crippen molar-refractivity contribution in [3.8, 4) is 11.4 Å². The number of nitrogens with zero attached hydrogens (tertiary/aromatic N) is 5. The first-order valence-corrected chi connectivity index (χ1v) is 8.07. The van der Waals surface area contributed by atoms with E-state index in [1.165, 1.54) is 0 Å². The fourth-order valence-corrected chi connectivity index (χ4v) is 2.56. The van der Waals surface area contributed by atoms with Crippen molar-refractivity contribution in [3.05, 3.63) is 30.4 Å². The summed E-state index contributed by atoms with van der Waals surface area (Å²) in [7, 11) is 0. The number of pyridine rings is 1. The number of hydrogen-bond donors (Lipinski definition) is 0.